The molecule has 1 N–H and O–H groups in total. The second-order valence-corrected chi connectivity index (χ2v) is 4.85. The maximum atomic E-state index is 10.7. The summed E-state index contributed by atoms with van der Waals surface area (Å²) in [6.07, 6.45) is 8.91. The first kappa shape index (κ1) is 15.0. The molecule has 0 fully saturated rings. The van der Waals surface area contributed by atoms with Gasteiger partial charge in [0.2, 0.25) is 0 Å². The fraction of sp³-hybridized carbons (Fsp3) is 1.00. The van der Waals surface area contributed by atoms with Crippen molar-refractivity contribution >= 4 is 0 Å². The Morgan fingerprint density at radius 3 is 2.00 bits per heavy atom. The molecule has 0 aromatic rings. The lowest BCUT2D eigenvalue weighted by molar-refractivity contribution is -0.0410. The highest BCUT2D eigenvalue weighted by Gasteiger charge is 2.33. The molecule has 0 saturated carbocycles. The largest absolute Gasteiger partial charge is 0.390 e. The van der Waals surface area contributed by atoms with Crippen molar-refractivity contribution in [3.63, 3.8) is 0 Å². The molecule has 0 aliphatic carbocycles. The molecule has 0 aromatic heterocycles. The summed E-state index contributed by atoms with van der Waals surface area (Å²) in [5.74, 6) is 0.508. The molecule has 0 aromatic carbocycles. The topological polar surface area (TPSA) is 20.2 Å². The zero-order valence-electron chi connectivity index (χ0n) is 11.2. The van der Waals surface area contributed by atoms with Crippen molar-refractivity contribution in [2.24, 2.45) is 5.92 Å². The molecule has 0 aliphatic heterocycles. The first-order valence-corrected chi connectivity index (χ1v) is 6.86. The Labute approximate surface area is 96.3 Å². The summed E-state index contributed by atoms with van der Waals surface area (Å²) in [6, 6.07) is 0. The molecule has 2 atom stereocenters. The molecular weight excluding hydrogens is 184 g/mol. The van der Waals surface area contributed by atoms with E-state index in [0.29, 0.717) is 5.92 Å². The Balaban J connectivity index is 4.40. The van der Waals surface area contributed by atoms with Crippen molar-refractivity contribution in [3.05, 3.63) is 0 Å². The van der Waals surface area contributed by atoms with Crippen LogP contribution in [0.4, 0.5) is 0 Å². The van der Waals surface area contributed by atoms with Crippen molar-refractivity contribution in [2.75, 3.05) is 0 Å². The Bertz CT molecular complexity index is 144. The Hall–Kier alpha value is -0.0400. The molecule has 0 amide bonds. The second kappa shape index (κ2) is 8.15. The molecule has 0 radical (unpaired) electrons. The van der Waals surface area contributed by atoms with Gasteiger partial charge in [0.15, 0.2) is 0 Å². The van der Waals surface area contributed by atoms with Crippen LogP contribution in [0.3, 0.4) is 0 Å². The van der Waals surface area contributed by atoms with E-state index in [1.807, 2.05) is 0 Å². The normalized spacial score (nSPS) is 17.4. The van der Waals surface area contributed by atoms with Crippen molar-refractivity contribution < 1.29 is 5.11 Å². The Kier molecular flexibility index (Phi) is 8.13. The molecule has 92 valence electrons. The van der Waals surface area contributed by atoms with E-state index in [4.69, 9.17) is 0 Å². The quantitative estimate of drug-likeness (QED) is 0.597. The molecule has 0 heterocycles. The van der Waals surface area contributed by atoms with Crippen LogP contribution in [-0.2, 0) is 0 Å². The van der Waals surface area contributed by atoms with Crippen LogP contribution < -0.4 is 0 Å². The molecule has 0 rings (SSSR count). The van der Waals surface area contributed by atoms with Crippen LogP contribution in [0.1, 0.15) is 79.1 Å². The van der Waals surface area contributed by atoms with Crippen molar-refractivity contribution in [3.8, 4) is 0 Å². The second-order valence-electron chi connectivity index (χ2n) is 4.85. The lowest BCUT2D eigenvalue weighted by atomic mass is 9.76. The molecular formula is C14H30O. The fourth-order valence-electron chi connectivity index (χ4n) is 2.65. The SMILES string of the molecule is CCCCC(O)(CCC)C(CC)CCC. The summed E-state index contributed by atoms with van der Waals surface area (Å²) in [5, 5.41) is 10.7. The van der Waals surface area contributed by atoms with Gasteiger partial charge in [0.05, 0.1) is 5.60 Å². The lowest BCUT2D eigenvalue weighted by Gasteiger charge is -2.36. The number of rotatable bonds is 9. The standard InChI is InChI=1S/C14H30O/c1-5-9-12-14(15,11-7-3)13(8-4)10-6-2/h13,15H,5-12H2,1-4H3. The van der Waals surface area contributed by atoms with Crippen molar-refractivity contribution in [1.29, 1.82) is 0 Å². The average molecular weight is 214 g/mol. The zero-order valence-corrected chi connectivity index (χ0v) is 11.2. The van der Waals surface area contributed by atoms with E-state index >= 15 is 0 Å². The monoisotopic (exact) mass is 214 g/mol. The van der Waals surface area contributed by atoms with E-state index in [9.17, 15) is 5.11 Å². The zero-order chi connectivity index (χ0) is 11.7. The van der Waals surface area contributed by atoms with E-state index in [1.165, 1.54) is 19.3 Å². The third-order valence-electron chi connectivity index (χ3n) is 3.54. The van der Waals surface area contributed by atoms with Gasteiger partial charge >= 0.3 is 0 Å². The van der Waals surface area contributed by atoms with Crippen LogP contribution in [0, 0.1) is 5.92 Å². The maximum Gasteiger partial charge on any atom is 0.0675 e. The number of aliphatic hydroxyl groups is 1. The summed E-state index contributed by atoms with van der Waals surface area (Å²) in [6.45, 7) is 8.81. The van der Waals surface area contributed by atoms with Gasteiger partial charge in [-0.05, 0) is 25.2 Å². The summed E-state index contributed by atoms with van der Waals surface area (Å²) < 4.78 is 0. The van der Waals surface area contributed by atoms with Crippen LogP contribution in [0.25, 0.3) is 0 Å². The van der Waals surface area contributed by atoms with E-state index in [2.05, 4.69) is 27.7 Å². The summed E-state index contributed by atoms with van der Waals surface area (Å²) in [5.41, 5.74) is -0.379. The van der Waals surface area contributed by atoms with Gasteiger partial charge < -0.3 is 5.11 Å². The van der Waals surface area contributed by atoms with Gasteiger partial charge in [0, 0.05) is 0 Å². The highest BCUT2D eigenvalue weighted by Crippen LogP contribution is 2.34. The first-order valence-electron chi connectivity index (χ1n) is 6.86. The molecule has 15 heavy (non-hydrogen) atoms. The minimum Gasteiger partial charge on any atom is -0.390 e. The highest BCUT2D eigenvalue weighted by molar-refractivity contribution is 4.85. The van der Waals surface area contributed by atoms with E-state index in [-0.39, 0.29) is 5.60 Å². The third-order valence-corrected chi connectivity index (χ3v) is 3.54. The molecule has 0 saturated heterocycles. The van der Waals surface area contributed by atoms with Crippen LogP contribution in [0.2, 0.25) is 0 Å². The minimum absolute atomic E-state index is 0.379. The summed E-state index contributed by atoms with van der Waals surface area (Å²) in [4.78, 5) is 0. The number of hydrogen-bond acceptors (Lipinski definition) is 1. The molecule has 0 bridgehead atoms. The van der Waals surface area contributed by atoms with Gasteiger partial charge in [-0.1, -0.05) is 59.8 Å². The van der Waals surface area contributed by atoms with Gasteiger partial charge in [-0.25, -0.2) is 0 Å². The fourth-order valence-corrected chi connectivity index (χ4v) is 2.65. The minimum atomic E-state index is -0.379. The lowest BCUT2D eigenvalue weighted by Crippen LogP contribution is -2.37. The van der Waals surface area contributed by atoms with Gasteiger partial charge in [0.1, 0.15) is 0 Å². The average Bonchev–Trinajstić information content (AvgIpc) is 2.23. The van der Waals surface area contributed by atoms with Gasteiger partial charge in [-0.2, -0.15) is 0 Å². The molecule has 1 nitrogen and oxygen atoms in total. The Morgan fingerprint density at radius 2 is 1.60 bits per heavy atom. The third kappa shape index (κ3) is 5.01. The summed E-state index contributed by atoms with van der Waals surface area (Å²) in [7, 11) is 0. The van der Waals surface area contributed by atoms with E-state index in [1.54, 1.807) is 0 Å². The van der Waals surface area contributed by atoms with Crippen LogP contribution in [-0.4, -0.2) is 10.7 Å². The van der Waals surface area contributed by atoms with Gasteiger partial charge in [0.25, 0.3) is 0 Å². The molecule has 1 heteroatoms. The van der Waals surface area contributed by atoms with Gasteiger partial charge in [-0.15, -0.1) is 0 Å². The van der Waals surface area contributed by atoms with Crippen LogP contribution in [0.15, 0.2) is 0 Å². The van der Waals surface area contributed by atoms with Crippen LogP contribution in [0.5, 0.6) is 0 Å². The highest BCUT2D eigenvalue weighted by atomic mass is 16.3. The number of unbranched alkanes of at least 4 members (excludes halogenated alkanes) is 1. The van der Waals surface area contributed by atoms with E-state index < -0.39 is 0 Å². The van der Waals surface area contributed by atoms with Crippen molar-refractivity contribution in [2.45, 2.75) is 84.7 Å². The molecule has 0 spiro atoms. The Morgan fingerprint density at radius 1 is 0.933 bits per heavy atom. The maximum absolute atomic E-state index is 10.7. The van der Waals surface area contributed by atoms with E-state index in [0.717, 1.165) is 32.1 Å². The molecule has 2 unspecified atom stereocenters. The van der Waals surface area contributed by atoms with Crippen LogP contribution >= 0.6 is 0 Å². The molecule has 0 aliphatic rings. The predicted octanol–water partition coefficient (Wildman–Crippen LogP) is 4.53. The number of hydrogen-bond donors (Lipinski definition) is 1. The van der Waals surface area contributed by atoms with Gasteiger partial charge in [-0.3, -0.25) is 0 Å². The van der Waals surface area contributed by atoms with Crippen molar-refractivity contribution in [1.82, 2.24) is 0 Å². The predicted molar refractivity (Wildman–Crippen MR) is 68.1 cm³/mol. The smallest absolute Gasteiger partial charge is 0.0675 e. The first-order chi connectivity index (χ1) is 7.14. The summed E-state index contributed by atoms with van der Waals surface area (Å²) >= 11 is 0.